The summed E-state index contributed by atoms with van der Waals surface area (Å²) < 4.78 is 5.74. The first kappa shape index (κ1) is 10.9. The van der Waals surface area contributed by atoms with Gasteiger partial charge in [-0.2, -0.15) is 0 Å². The maximum absolute atomic E-state index is 5.74. The number of anilines is 1. The van der Waals surface area contributed by atoms with Crippen molar-refractivity contribution >= 4 is 27.4 Å². The molecule has 1 aliphatic rings. The molecule has 0 amide bonds. The molecular formula is C12H15N3OS. The maximum Gasteiger partial charge on any atom is 0.158 e. The zero-order valence-corrected chi connectivity index (χ0v) is 10.6. The Morgan fingerprint density at radius 1 is 1.47 bits per heavy atom. The van der Waals surface area contributed by atoms with Crippen LogP contribution in [-0.2, 0) is 11.3 Å². The lowest BCUT2D eigenvalue weighted by atomic mass is 9.96. The smallest absolute Gasteiger partial charge is 0.158 e. The molecule has 90 valence electrons. The zero-order valence-electron chi connectivity index (χ0n) is 9.77. The van der Waals surface area contributed by atoms with Gasteiger partial charge < -0.3 is 10.1 Å². The second kappa shape index (κ2) is 4.58. The van der Waals surface area contributed by atoms with E-state index in [-0.39, 0.29) is 0 Å². The summed E-state index contributed by atoms with van der Waals surface area (Å²) in [6.07, 6.45) is 4.08. The van der Waals surface area contributed by atoms with Crippen molar-refractivity contribution in [2.75, 3.05) is 12.4 Å². The molecule has 0 spiro atoms. The molecule has 1 N–H and O–H groups in total. The number of nitrogens with one attached hydrogen (secondary N) is 1. The molecule has 17 heavy (non-hydrogen) atoms. The Kier molecular flexibility index (Phi) is 2.94. The molecule has 0 atom stereocenters. The van der Waals surface area contributed by atoms with E-state index in [4.69, 9.17) is 4.74 Å². The first-order valence-corrected chi connectivity index (χ1v) is 6.78. The van der Waals surface area contributed by atoms with Gasteiger partial charge in [-0.3, -0.25) is 0 Å². The van der Waals surface area contributed by atoms with Crippen molar-refractivity contribution in [1.82, 2.24) is 9.97 Å². The van der Waals surface area contributed by atoms with E-state index in [0.717, 1.165) is 21.9 Å². The Hall–Kier alpha value is -1.20. The molecule has 0 unspecified atom stereocenters. The molecule has 1 fully saturated rings. The predicted octanol–water partition coefficient (Wildman–Crippen LogP) is 2.80. The molecule has 0 aliphatic heterocycles. The highest BCUT2D eigenvalue weighted by molar-refractivity contribution is 7.16. The summed E-state index contributed by atoms with van der Waals surface area (Å²) in [5.41, 5.74) is 0. The molecule has 2 aromatic rings. The molecule has 0 radical (unpaired) electrons. The molecular weight excluding hydrogens is 234 g/mol. The van der Waals surface area contributed by atoms with E-state index in [1.807, 2.05) is 18.5 Å². The molecule has 0 aromatic carbocycles. The largest absolute Gasteiger partial charge is 0.372 e. The standard InChI is InChI=1S/C12H15N3OS/c1-13-11-9-5-6-17-12(9)15-10(14-11)7-16-8-3-2-4-8/h5-6,8H,2-4,7H2,1H3,(H,13,14,15). The highest BCUT2D eigenvalue weighted by Crippen LogP contribution is 2.26. The number of hydrogen-bond acceptors (Lipinski definition) is 5. The minimum atomic E-state index is 0.427. The van der Waals surface area contributed by atoms with Crippen LogP contribution in [0, 0.1) is 0 Å². The van der Waals surface area contributed by atoms with Gasteiger partial charge in [0.25, 0.3) is 0 Å². The van der Waals surface area contributed by atoms with E-state index in [2.05, 4.69) is 15.3 Å². The zero-order chi connectivity index (χ0) is 11.7. The number of nitrogens with zero attached hydrogens (tertiary/aromatic N) is 2. The molecule has 1 aliphatic carbocycles. The number of thiophene rings is 1. The Morgan fingerprint density at radius 3 is 3.06 bits per heavy atom. The van der Waals surface area contributed by atoms with Crippen LogP contribution in [0.4, 0.5) is 5.82 Å². The average molecular weight is 249 g/mol. The molecule has 0 bridgehead atoms. The molecule has 5 heteroatoms. The molecule has 2 heterocycles. The quantitative estimate of drug-likeness (QED) is 0.905. The second-order valence-corrected chi connectivity index (χ2v) is 5.14. The highest BCUT2D eigenvalue weighted by Gasteiger charge is 2.18. The van der Waals surface area contributed by atoms with E-state index in [1.54, 1.807) is 11.3 Å². The Labute approximate surface area is 104 Å². The first-order chi connectivity index (χ1) is 8.36. The van der Waals surface area contributed by atoms with Gasteiger partial charge in [-0.15, -0.1) is 11.3 Å². The van der Waals surface area contributed by atoms with Gasteiger partial charge in [0.2, 0.25) is 0 Å². The van der Waals surface area contributed by atoms with Crippen LogP contribution in [0.5, 0.6) is 0 Å². The Bertz CT molecular complexity index is 521. The molecule has 3 rings (SSSR count). The van der Waals surface area contributed by atoms with Gasteiger partial charge in [0.15, 0.2) is 5.82 Å². The lowest BCUT2D eigenvalue weighted by molar-refractivity contribution is -0.0115. The predicted molar refractivity (Wildman–Crippen MR) is 69.4 cm³/mol. The molecule has 2 aromatic heterocycles. The number of rotatable bonds is 4. The van der Waals surface area contributed by atoms with Crippen molar-refractivity contribution in [1.29, 1.82) is 0 Å². The van der Waals surface area contributed by atoms with Crippen LogP contribution in [-0.4, -0.2) is 23.1 Å². The molecule has 0 saturated heterocycles. The van der Waals surface area contributed by atoms with Crippen LogP contribution < -0.4 is 5.32 Å². The fourth-order valence-electron chi connectivity index (χ4n) is 1.88. The van der Waals surface area contributed by atoms with Crippen LogP contribution in [0.2, 0.25) is 0 Å². The van der Waals surface area contributed by atoms with Crippen LogP contribution in [0.1, 0.15) is 25.1 Å². The third-order valence-electron chi connectivity index (χ3n) is 3.11. The monoisotopic (exact) mass is 249 g/mol. The topological polar surface area (TPSA) is 47.0 Å². The summed E-state index contributed by atoms with van der Waals surface area (Å²) in [6.45, 7) is 0.521. The van der Waals surface area contributed by atoms with E-state index >= 15 is 0 Å². The van der Waals surface area contributed by atoms with Crippen LogP contribution >= 0.6 is 11.3 Å². The number of fused-ring (bicyclic) bond motifs is 1. The van der Waals surface area contributed by atoms with Gasteiger partial charge in [-0.25, -0.2) is 9.97 Å². The summed E-state index contributed by atoms with van der Waals surface area (Å²) in [5.74, 6) is 1.67. The summed E-state index contributed by atoms with van der Waals surface area (Å²) in [5, 5.41) is 6.24. The van der Waals surface area contributed by atoms with Gasteiger partial charge in [0.1, 0.15) is 17.3 Å². The lowest BCUT2D eigenvalue weighted by Crippen LogP contribution is -2.21. The van der Waals surface area contributed by atoms with Gasteiger partial charge in [-0.05, 0) is 30.7 Å². The van der Waals surface area contributed by atoms with E-state index in [0.29, 0.717) is 12.7 Å². The van der Waals surface area contributed by atoms with Crippen LogP contribution in [0.25, 0.3) is 10.2 Å². The minimum Gasteiger partial charge on any atom is -0.372 e. The fourth-order valence-corrected chi connectivity index (χ4v) is 2.67. The fraction of sp³-hybridized carbons (Fsp3) is 0.500. The normalized spacial score (nSPS) is 16.1. The van der Waals surface area contributed by atoms with E-state index in [1.165, 1.54) is 19.3 Å². The minimum absolute atomic E-state index is 0.427. The van der Waals surface area contributed by atoms with Crippen molar-refractivity contribution in [3.8, 4) is 0 Å². The van der Waals surface area contributed by atoms with Crippen molar-refractivity contribution in [3.63, 3.8) is 0 Å². The van der Waals surface area contributed by atoms with Crippen molar-refractivity contribution in [3.05, 3.63) is 17.3 Å². The van der Waals surface area contributed by atoms with Crippen LogP contribution in [0.3, 0.4) is 0 Å². The lowest BCUT2D eigenvalue weighted by Gasteiger charge is -2.25. The van der Waals surface area contributed by atoms with Gasteiger partial charge in [0, 0.05) is 7.05 Å². The molecule has 1 saturated carbocycles. The van der Waals surface area contributed by atoms with E-state index in [9.17, 15) is 0 Å². The third kappa shape index (κ3) is 2.12. The number of hydrogen-bond donors (Lipinski definition) is 1. The van der Waals surface area contributed by atoms with E-state index < -0.39 is 0 Å². The SMILES string of the molecule is CNc1nc(COC2CCC2)nc2sccc12. The summed E-state index contributed by atoms with van der Waals surface area (Å²) >= 11 is 1.64. The van der Waals surface area contributed by atoms with Gasteiger partial charge in [0.05, 0.1) is 11.5 Å². The van der Waals surface area contributed by atoms with Crippen LogP contribution in [0.15, 0.2) is 11.4 Å². The highest BCUT2D eigenvalue weighted by atomic mass is 32.1. The van der Waals surface area contributed by atoms with Crippen molar-refractivity contribution in [2.24, 2.45) is 0 Å². The molecule has 4 nitrogen and oxygen atoms in total. The summed E-state index contributed by atoms with van der Waals surface area (Å²) in [4.78, 5) is 10.0. The van der Waals surface area contributed by atoms with Gasteiger partial charge >= 0.3 is 0 Å². The first-order valence-electron chi connectivity index (χ1n) is 5.90. The number of ether oxygens (including phenoxy) is 1. The second-order valence-electron chi connectivity index (χ2n) is 4.24. The van der Waals surface area contributed by atoms with Crippen molar-refractivity contribution in [2.45, 2.75) is 32.0 Å². The van der Waals surface area contributed by atoms with Crippen molar-refractivity contribution < 1.29 is 4.74 Å². The number of aromatic nitrogens is 2. The van der Waals surface area contributed by atoms with Gasteiger partial charge in [-0.1, -0.05) is 0 Å². The third-order valence-corrected chi connectivity index (χ3v) is 3.92. The summed E-state index contributed by atoms with van der Waals surface area (Å²) in [7, 11) is 1.88. The average Bonchev–Trinajstić information content (AvgIpc) is 2.73. The maximum atomic E-state index is 5.74. The Balaban J connectivity index is 1.82. The summed E-state index contributed by atoms with van der Waals surface area (Å²) in [6, 6.07) is 2.04. The Morgan fingerprint density at radius 2 is 2.35 bits per heavy atom.